The summed E-state index contributed by atoms with van der Waals surface area (Å²) in [6.07, 6.45) is 6.31. The van der Waals surface area contributed by atoms with Crippen molar-refractivity contribution >= 4 is 23.3 Å². The molecule has 31 heavy (non-hydrogen) atoms. The van der Waals surface area contributed by atoms with Crippen molar-refractivity contribution in [2.45, 2.75) is 77.3 Å². The summed E-state index contributed by atoms with van der Waals surface area (Å²) in [5, 5.41) is 9.46. The molecule has 1 heterocycles. The summed E-state index contributed by atoms with van der Waals surface area (Å²) in [5.74, 6) is 0.788. The summed E-state index contributed by atoms with van der Waals surface area (Å²) in [6, 6.07) is 12.3. The maximum atomic E-state index is 13.1. The van der Waals surface area contributed by atoms with E-state index < -0.39 is 0 Å². The van der Waals surface area contributed by atoms with Gasteiger partial charge < -0.3 is 16.0 Å². The molecule has 0 aliphatic heterocycles. The first-order valence-electron chi connectivity index (χ1n) is 11.2. The fraction of sp³-hybridized carbons (Fsp3) is 0.480. The smallest absolute Gasteiger partial charge is 0.230 e. The molecule has 1 fully saturated rings. The normalized spacial score (nSPS) is 16.1. The predicted molar refractivity (Wildman–Crippen MR) is 125 cm³/mol. The lowest BCUT2D eigenvalue weighted by Crippen LogP contribution is -2.42. The summed E-state index contributed by atoms with van der Waals surface area (Å²) in [6.45, 7) is 7.76. The Morgan fingerprint density at radius 2 is 1.84 bits per heavy atom. The molecule has 1 aromatic carbocycles. The highest BCUT2D eigenvalue weighted by Crippen LogP contribution is 2.48. The molecule has 2 amide bonds. The van der Waals surface area contributed by atoms with Crippen LogP contribution in [-0.4, -0.2) is 28.9 Å². The highest BCUT2D eigenvalue weighted by molar-refractivity contribution is 5.91. The second-order valence-electron chi connectivity index (χ2n) is 8.80. The van der Waals surface area contributed by atoms with Crippen LogP contribution in [0.15, 0.2) is 42.6 Å². The number of hydrogen-bond donors (Lipinski definition) is 3. The van der Waals surface area contributed by atoms with E-state index in [-0.39, 0.29) is 29.3 Å². The molecule has 1 saturated carbocycles. The Morgan fingerprint density at radius 3 is 2.39 bits per heavy atom. The number of pyridine rings is 1. The average molecular weight is 423 g/mol. The molecule has 0 spiro atoms. The Morgan fingerprint density at radius 1 is 1.13 bits per heavy atom. The molecule has 0 bridgehead atoms. The number of carbonyl (C=O) groups is 2. The van der Waals surface area contributed by atoms with Crippen LogP contribution >= 0.6 is 0 Å². The zero-order chi connectivity index (χ0) is 22.4. The average Bonchev–Trinajstić information content (AvgIpc) is 3.52. The number of benzene rings is 1. The van der Waals surface area contributed by atoms with Gasteiger partial charge in [0, 0.05) is 19.0 Å². The van der Waals surface area contributed by atoms with Crippen molar-refractivity contribution < 1.29 is 9.59 Å². The molecule has 1 aromatic heterocycles. The fourth-order valence-corrected chi connectivity index (χ4v) is 4.06. The first-order valence-corrected chi connectivity index (χ1v) is 11.2. The van der Waals surface area contributed by atoms with E-state index in [2.05, 4.69) is 66.0 Å². The van der Waals surface area contributed by atoms with Gasteiger partial charge in [-0.15, -0.1) is 0 Å². The first kappa shape index (κ1) is 22.8. The minimum Gasteiger partial charge on any atom is -0.367 e. The third kappa shape index (κ3) is 6.06. The van der Waals surface area contributed by atoms with E-state index in [0.717, 1.165) is 43.5 Å². The topological polar surface area (TPSA) is 83.1 Å². The summed E-state index contributed by atoms with van der Waals surface area (Å²) in [5.41, 5.74) is 2.66. The van der Waals surface area contributed by atoms with E-state index in [0.29, 0.717) is 5.69 Å². The molecular weight excluding hydrogens is 388 g/mol. The summed E-state index contributed by atoms with van der Waals surface area (Å²) >= 11 is 0. The van der Waals surface area contributed by atoms with Crippen LogP contribution in [0.2, 0.25) is 0 Å². The van der Waals surface area contributed by atoms with Crippen molar-refractivity contribution in [2.24, 2.45) is 0 Å². The molecule has 2 atom stereocenters. The number of hydrogen-bond acceptors (Lipinski definition) is 4. The number of amides is 2. The van der Waals surface area contributed by atoms with Gasteiger partial charge in [-0.05, 0) is 57.2 Å². The summed E-state index contributed by atoms with van der Waals surface area (Å²) in [4.78, 5) is 28.6. The van der Waals surface area contributed by atoms with E-state index in [1.54, 1.807) is 6.20 Å². The number of anilines is 2. The first-order chi connectivity index (χ1) is 14.8. The van der Waals surface area contributed by atoms with Crippen LogP contribution in [0.3, 0.4) is 0 Å². The van der Waals surface area contributed by atoms with Gasteiger partial charge >= 0.3 is 0 Å². The van der Waals surface area contributed by atoms with Crippen LogP contribution in [0.25, 0.3) is 0 Å². The number of rotatable bonds is 10. The van der Waals surface area contributed by atoms with Gasteiger partial charge in [0.05, 0.1) is 17.3 Å². The number of nitrogens with zero attached hydrogens (tertiary/aromatic N) is 1. The van der Waals surface area contributed by atoms with Gasteiger partial charge in [-0.25, -0.2) is 4.98 Å². The van der Waals surface area contributed by atoms with E-state index in [1.165, 1.54) is 12.5 Å². The van der Waals surface area contributed by atoms with Crippen LogP contribution in [0.5, 0.6) is 0 Å². The standard InChI is InChI=1S/C25H34N4O2/c1-5-6-21(29-23-12-11-22(16-26-23)28-19(4)30)15-18(3)27-24(31)25(13-14-25)20-9-7-17(2)8-10-20/h7-12,16,18,21H,5-6,13-15H2,1-4H3,(H,26,29)(H,27,31)(H,28,30). The summed E-state index contributed by atoms with van der Waals surface area (Å²) in [7, 11) is 0. The molecule has 2 aromatic rings. The minimum absolute atomic E-state index is 0.0538. The fourth-order valence-electron chi connectivity index (χ4n) is 4.06. The maximum absolute atomic E-state index is 13.1. The third-order valence-electron chi connectivity index (χ3n) is 5.88. The maximum Gasteiger partial charge on any atom is 0.230 e. The van der Waals surface area contributed by atoms with Gasteiger partial charge in [0.15, 0.2) is 0 Å². The minimum atomic E-state index is -0.350. The summed E-state index contributed by atoms with van der Waals surface area (Å²) < 4.78 is 0. The van der Waals surface area contributed by atoms with E-state index in [9.17, 15) is 9.59 Å². The van der Waals surface area contributed by atoms with Gasteiger partial charge in [0.2, 0.25) is 11.8 Å². The molecular formula is C25H34N4O2. The molecule has 0 saturated heterocycles. The highest BCUT2D eigenvalue weighted by Gasteiger charge is 2.51. The number of nitrogens with one attached hydrogen (secondary N) is 3. The zero-order valence-electron chi connectivity index (χ0n) is 19.0. The van der Waals surface area contributed by atoms with Gasteiger partial charge in [-0.3, -0.25) is 9.59 Å². The van der Waals surface area contributed by atoms with Crippen LogP contribution in [0.4, 0.5) is 11.5 Å². The Hall–Kier alpha value is -2.89. The Bertz CT molecular complexity index is 889. The SMILES string of the molecule is CCCC(CC(C)NC(=O)C1(c2ccc(C)cc2)CC1)Nc1ccc(NC(C)=O)cn1. The van der Waals surface area contributed by atoms with Crippen LogP contribution in [0, 0.1) is 6.92 Å². The molecule has 6 heteroatoms. The molecule has 0 radical (unpaired) electrons. The van der Waals surface area contributed by atoms with Crippen molar-refractivity contribution in [1.82, 2.24) is 10.3 Å². The van der Waals surface area contributed by atoms with E-state index >= 15 is 0 Å². The van der Waals surface area contributed by atoms with Crippen LogP contribution < -0.4 is 16.0 Å². The van der Waals surface area contributed by atoms with Crippen molar-refractivity contribution in [1.29, 1.82) is 0 Å². The van der Waals surface area contributed by atoms with Crippen molar-refractivity contribution in [3.63, 3.8) is 0 Å². The van der Waals surface area contributed by atoms with Gasteiger partial charge in [0.1, 0.15) is 5.82 Å². The van der Waals surface area contributed by atoms with Gasteiger partial charge in [-0.1, -0.05) is 43.2 Å². The lowest BCUT2D eigenvalue weighted by molar-refractivity contribution is -0.124. The second kappa shape index (κ2) is 9.94. The monoisotopic (exact) mass is 422 g/mol. The van der Waals surface area contributed by atoms with Crippen LogP contribution in [0.1, 0.15) is 64.0 Å². The van der Waals surface area contributed by atoms with Crippen molar-refractivity contribution in [2.75, 3.05) is 10.6 Å². The number of aromatic nitrogens is 1. The Balaban J connectivity index is 1.57. The molecule has 1 aliphatic rings. The van der Waals surface area contributed by atoms with Crippen LogP contribution in [-0.2, 0) is 15.0 Å². The zero-order valence-corrected chi connectivity index (χ0v) is 19.0. The number of aryl methyl sites for hydroxylation is 1. The second-order valence-corrected chi connectivity index (χ2v) is 8.80. The lowest BCUT2D eigenvalue weighted by Gasteiger charge is -2.25. The molecule has 6 nitrogen and oxygen atoms in total. The molecule has 3 rings (SSSR count). The largest absolute Gasteiger partial charge is 0.367 e. The van der Waals surface area contributed by atoms with E-state index in [4.69, 9.17) is 0 Å². The van der Waals surface area contributed by atoms with E-state index in [1.807, 2.05) is 12.1 Å². The molecule has 2 unspecified atom stereocenters. The third-order valence-corrected chi connectivity index (χ3v) is 5.88. The highest BCUT2D eigenvalue weighted by atomic mass is 16.2. The van der Waals surface area contributed by atoms with Gasteiger partial charge in [0.25, 0.3) is 0 Å². The van der Waals surface area contributed by atoms with Crippen molar-refractivity contribution in [3.8, 4) is 0 Å². The lowest BCUT2D eigenvalue weighted by atomic mass is 9.93. The number of carbonyl (C=O) groups excluding carboxylic acids is 2. The predicted octanol–water partition coefficient (Wildman–Crippen LogP) is 4.56. The van der Waals surface area contributed by atoms with Crippen molar-refractivity contribution in [3.05, 3.63) is 53.7 Å². The molecule has 3 N–H and O–H groups in total. The van der Waals surface area contributed by atoms with Gasteiger partial charge in [-0.2, -0.15) is 0 Å². The molecule has 166 valence electrons. The Kier molecular flexibility index (Phi) is 7.31. The Labute approximate surface area is 185 Å². The quantitative estimate of drug-likeness (QED) is 0.524. The molecule has 1 aliphatic carbocycles.